The van der Waals surface area contributed by atoms with Crippen molar-refractivity contribution in [2.24, 2.45) is 0 Å². The first-order valence-electron chi connectivity index (χ1n) is 20.5. The second-order valence-corrected chi connectivity index (χ2v) is 20.0. The van der Waals surface area contributed by atoms with Crippen molar-refractivity contribution in [3.05, 3.63) is 144 Å². The molecule has 0 saturated carbocycles. The van der Waals surface area contributed by atoms with E-state index in [0.29, 0.717) is 23.7 Å². The van der Waals surface area contributed by atoms with Gasteiger partial charge in [-0.25, -0.2) is 0 Å². The Morgan fingerprint density at radius 1 is 0.519 bits per heavy atom. The maximum atomic E-state index is 3.60. The number of rotatable bonds is 10. The first-order valence-corrected chi connectivity index (χ1v) is 22.5. The van der Waals surface area contributed by atoms with Gasteiger partial charge in [0.05, 0.1) is 8.07 Å². The van der Waals surface area contributed by atoms with Gasteiger partial charge >= 0.3 is 26.2 Å². The standard InChI is InChI=1S/C44H50Si.2C4H9.Zr/c1-27(2)33-23-35-21-31(9)43(41(35)39(25-33)29(5)6)45(37-17-13-11-14-18-37,38-19-15-12-16-20-38)44-32(10)22-36-24-34(28(3)4)26-40(30(7)8)42(36)44;2*1-3-4-2;/h11-30H,1-10H3;2*1,3-4H2,2H3;/q-2;2*-1;+4. The van der Waals surface area contributed by atoms with Crippen LogP contribution in [-0.4, -0.2) is 8.07 Å². The first-order chi connectivity index (χ1) is 25.3. The summed E-state index contributed by atoms with van der Waals surface area (Å²) in [4.78, 5) is 0. The molecule has 2 heteroatoms. The molecule has 0 atom stereocenters. The Morgan fingerprint density at radius 2 is 0.833 bits per heavy atom. The Balaban J connectivity index is 0.000000795. The molecule has 0 amide bonds. The fourth-order valence-electron chi connectivity index (χ4n) is 8.02. The van der Waals surface area contributed by atoms with Crippen LogP contribution in [0.4, 0.5) is 0 Å². The Hall–Kier alpha value is -2.80. The number of benzene rings is 4. The van der Waals surface area contributed by atoms with E-state index < -0.39 is 8.07 Å². The molecule has 0 unspecified atom stereocenters. The van der Waals surface area contributed by atoms with Gasteiger partial charge in [0.1, 0.15) is 0 Å². The Labute approximate surface area is 351 Å². The summed E-state index contributed by atoms with van der Waals surface area (Å²) >= 11 is 0. The van der Waals surface area contributed by atoms with Crippen molar-refractivity contribution in [1.29, 1.82) is 0 Å². The van der Waals surface area contributed by atoms with Crippen LogP contribution in [0.3, 0.4) is 0 Å². The third kappa shape index (κ3) is 9.24. The zero-order valence-corrected chi connectivity index (χ0v) is 39.2. The van der Waals surface area contributed by atoms with Crippen molar-refractivity contribution in [2.45, 2.75) is 132 Å². The predicted octanol–water partition coefficient (Wildman–Crippen LogP) is 13.2. The van der Waals surface area contributed by atoms with E-state index in [4.69, 9.17) is 0 Å². The monoisotopic (exact) mass is 810 g/mol. The number of unbranched alkanes of at least 4 members (excludes halogenated alkanes) is 2. The maximum Gasteiger partial charge on any atom is 4.00 e. The van der Waals surface area contributed by atoms with E-state index in [2.05, 4.69) is 194 Å². The van der Waals surface area contributed by atoms with Crippen molar-refractivity contribution in [2.75, 3.05) is 0 Å². The van der Waals surface area contributed by atoms with Gasteiger partial charge < -0.3 is 13.8 Å². The normalized spacial score (nSPS) is 11.6. The molecule has 0 aliphatic carbocycles. The van der Waals surface area contributed by atoms with Crippen LogP contribution in [0.15, 0.2) is 97.1 Å². The van der Waals surface area contributed by atoms with Crippen molar-refractivity contribution >= 4 is 50.4 Å². The van der Waals surface area contributed by atoms with Gasteiger partial charge in [-0.2, -0.15) is 12.8 Å². The van der Waals surface area contributed by atoms with E-state index in [-0.39, 0.29) is 26.2 Å². The Kier molecular flexibility index (Phi) is 17.2. The van der Waals surface area contributed by atoms with E-state index in [9.17, 15) is 0 Å². The molecule has 6 rings (SSSR count). The summed E-state index contributed by atoms with van der Waals surface area (Å²) in [5, 5.41) is 11.9. The average Bonchev–Trinajstić information content (AvgIpc) is 3.67. The number of hydrogen-bond acceptors (Lipinski definition) is 0. The zero-order chi connectivity index (χ0) is 39.0. The minimum atomic E-state index is -2.86. The molecular weight excluding hydrogens is 744 g/mol. The summed E-state index contributed by atoms with van der Waals surface area (Å²) in [6, 6.07) is 38.2. The molecule has 0 fully saturated rings. The average molecular weight is 812 g/mol. The quantitative estimate of drug-likeness (QED) is 0.0955. The Morgan fingerprint density at radius 3 is 1.09 bits per heavy atom. The second kappa shape index (κ2) is 20.4. The molecule has 0 N–H and O–H groups in total. The summed E-state index contributed by atoms with van der Waals surface area (Å²) < 4.78 is 0. The van der Waals surface area contributed by atoms with Crippen molar-refractivity contribution < 1.29 is 26.2 Å². The van der Waals surface area contributed by atoms with Gasteiger partial charge in [0, 0.05) is 0 Å². The zero-order valence-electron chi connectivity index (χ0n) is 35.8. The molecule has 284 valence electrons. The molecule has 0 radical (unpaired) electrons. The molecule has 6 aromatic carbocycles. The van der Waals surface area contributed by atoms with E-state index in [1.165, 1.54) is 78.1 Å². The largest absolute Gasteiger partial charge is 4.00 e. The van der Waals surface area contributed by atoms with E-state index in [1.54, 1.807) is 10.4 Å². The van der Waals surface area contributed by atoms with E-state index in [1.807, 2.05) is 0 Å². The summed E-state index contributed by atoms with van der Waals surface area (Å²) in [5.74, 6) is 1.81. The van der Waals surface area contributed by atoms with Crippen LogP contribution in [0.2, 0.25) is 0 Å². The van der Waals surface area contributed by atoms with E-state index >= 15 is 0 Å². The van der Waals surface area contributed by atoms with Crippen molar-refractivity contribution in [3.8, 4) is 0 Å². The van der Waals surface area contributed by atoms with Gasteiger partial charge in [0.25, 0.3) is 0 Å². The van der Waals surface area contributed by atoms with Crippen LogP contribution >= 0.6 is 0 Å². The molecule has 0 aliphatic rings. The van der Waals surface area contributed by atoms with Crippen LogP contribution < -0.4 is 20.7 Å². The van der Waals surface area contributed by atoms with Crippen LogP contribution in [0, 0.1) is 27.7 Å². The molecule has 54 heavy (non-hydrogen) atoms. The molecule has 0 heterocycles. The van der Waals surface area contributed by atoms with Gasteiger partial charge in [-0.15, -0.1) is 67.3 Å². The van der Waals surface area contributed by atoms with Gasteiger partial charge in [-0.05, 0) is 23.7 Å². The number of hydrogen-bond donors (Lipinski definition) is 0. The second-order valence-electron chi connectivity index (χ2n) is 16.4. The summed E-state index contributed by atoms with van der Waals surface area (Å²) in [6.45, 7) is 35.1. The molecule has 0 spiro atoms. The number of fused-ring (bicyclic) bond motifs is 2. The fraction of sp³-hybridized carbons (Fsp3) is 0.385. The molecule has 0 aliphatic heterocycles. The molecule has 6 aromatic rings. The summed E-state index contributed by atoms with van der Waals surface area (Å²) in [7, 11) is -2.86. The Bertz CT molecular complexity index is 1880. The van der Waals surface area contributed by atoms with E-state index in [0.717, 1.165) is 12.8 Å². The summed E-state index contributed by atoms with van der Waals surface area (Å²) in [5.41, 5.74) is 8.70. The van der Waals surface area contributed by atoms with Crippen LogP contribution in [0.5, 0.6) is 0 Å². The van der Waals surface area contributed by atoms with Gasteiger partial charge in [0.2, 0.25) is 0 Å². The predicted molar refractivity (Wildman–Crippen MR) is 243 cm³/mol. The van der Waals surface area contributed by atoms with Gasteiger partial charge in [-0.1, -0.05) is 201 Å². The maximum absolute atomic E-state index is 3.60. The summed E-state index contributed by atoms with van der Waals surface area (Å²) in [6.07, 6.45) is 4.56. The molecule has 0 saturated heterocycles. The molecular formula is C52H68SiZr. The van der Waals surface area contributed by atoms with Crippen LogP contribution in [0.1, 0.15) is 152 Å². The third-order valence-electron chi connectivity index (χ3n) is 10.9. The molecule has 0 bridgehead atoms. The minimum absolute atomic E-state index is 0. The SMILES string of the molecule is Cc1[cH-]c2cc(C(C)C)cc(C(C)C)c2c1[Si](c1ccccc1)(c1ccccc1)c1c(C)[cH-]c2cc(C(C)C)cc(C(C)C)c12.[CH2-]CCC.[CH2-]CCC.[Zr+4]. The topological polar surface area (TPSA) is 0 Å². The number of aryl methyl sites for hydroxylation is 2. The smallest absolute Gasteiger partial charge is 0.343 e. The van der Waals surface area contributed by atoms with Crippen LogP contribution in [0.25, 0.3) is 21.5 Å². The minimum Gasteiger partial charge on any atom is -0.343 e. The third-order valence-corrected chi connectivity index (χ3v) is 16.1. The fourth-order valence-corrected chi connectivity index (χ4v) is 13.8. The molecule has 0 aromatic heterocycles. The van der Waals surface area contributed by atoms with Crippen molar-refractivity contribution in [1.82, 2.24) is 0 Å². The van der Waals surface area contributed by atoms with Gasteiger partial charge in [-0.3, -0.25) is 0 Å². The van der Waals surface area contributed by atoms with Crippen molar-refractivity contribution in [3.63, 3.8) is 0 Å². The van der Waals surface area contributed by atoms with Crippen LogP contribution in [-0.2, 0) is 26.2 Å². The van der Waals surface area contributed by atoms with Gasteiger partial charge in [0.15, 0.2) is 0 Å². The first kappa shape index (κ1) is 45.6. The molecule has 0 nitrogen and oxygen atoms in total.